The van der Waals surface area contributed by atoms with Gasteiger partial charge in [-0.3, -0.25) is 9.69 Å². The van der Waals surface area contributed by atoms with Crippen molar-refractivity contribution in [1.29, 1.82) is 0 Å². The first-order chi connectivity index (χ1) is 9.20. The minimum atomic E-state index is -2.46. The van der Waals surface area contributed by atoms with Gasteiger partial charge in [0.2, 0.25) is 0 Å². The zero-order chi connectivity index (χ0) is 15.3. The monoisotopic (exact) mass is 285 g/mol. The Morgan fingerprint density at radius 3 is 2.20 bits per heavy atom. The van der Waals surface area contributed by atoms with E-state index < -0.39 is 12.4 Å². The van der Waals surface area contributed by atoms with Crippen LogP contribution in [-0.2, 0) is 11.3 Å². The molecule has 1 aromatic carbocycles. The van der Waals surface area contributed by atoms with Gasteiger partial charge in [0.05, 0.1) is 6.42 Å². The van der Waals surface area contributed by atoms with E-state index in [4.69, 9.17) is 5.11 Å². The van der Waals surface area contributed by atoms with Gasteiger partial charge in [-0.25, -0.2) is 8.78 Å². The van der Waals surface area contributed by atoms with Gasteiger partial charge < -0.3 is 5.11 Å². The van der Waals surface area contributed by atoms with Crippen molar-refractivity contribution in [3.63, 3.8) is 0 Å². The van der Waals surface area contributed by atoms with Crippen molar-refractivity contribution in [3.8, 4) is 0 Å². The molecule has 1 N–H and O–H groups in total. The molecule has 0 aliphatic heterocycles. The first kappa shape index (κ1) is 16.6. The van der Waals surface area contributed by atoms with Crippen LogP contribution in [0.4, 0.5) is 8.78 Å². The maximum absolute atomic E-state index is 12.5. The summed E-state index contributed by atoms with van der Waals surface area (Å²) in [5.41, 5.74) is 0.716. The molecule has 1 aromatic rings. The molecule has 0 heterocycles. The molecule has 0 aliphatic rings. The lowest BCUT2D eigenvalue weighted by molar-refractivity contribution is -0.137. The molecule has 0 spiro atoms. The highest BCUT2D eigenvalue weighted by atomic mass is 19.3. The van der Waals surface area contributed by atoms with Gasteiger partial charge in [-0.15, -0.1) is 0 Å². The number of nitrogens with zero attached hydrogens (tertiary/aromatic N) is 1. The average Bonchev–Trinajstić information content (AvgIpc) is 2.33. The molecule has 0 saturated carbocycles. The molecule has 0 amide bonds. The van der Waals surface area contributed by atoms with Crippen molar-refractivity contribution in [1.82, 2.24) is 4.90 Å². The average molecular weight is 285 g/mol. The normalized spacial score (nSPS) is 12.2. The van der Waals surface area contributed by atoms with Gasteiger partial charge in [0.15, 0.2) is 0 Å². The van der Waals surface area contributed by atoms with Crippen LogP contribution in [0.2, 0.25) is 0 Å². The summed E-state index contributed by atoms with van der Waals surface area (Å²) in [5.74, 6) is -0.840. The summed E-state index contributed by atoms with van der Waals surface area (Å²) in [5, 5.41) is 8.78. The summed E-state index contributed by atoms with van der Waals surface area (Å²) in [6.45, 7) is 6.98. The van der Waals surface area contributed by atoms with Gasteiger partial charge in [0.1, 0.15) is 0 Å². The fourth-order valence-corrected chi connectivity index (χ4v) is 1.87. The molecule has 0 radical (unpaired) electrons. The highest BCUT2D eigenvalue weighted by Gasteiger charge is 2.22. The fourth-order valence-electron chi connectivity index (χ4n) is 1.87. The Morgan fingerprint density at radius 2 is 1.80 bits per heavy atom. The maximum Gasteiger partial charge on any atom is 0.304 e. The number of hydrogen-bond donors (Lipinski definition) is 1. The second-order valence-electron chi connectivity index (χ2n) is 5.78. The van der Waals surface area contributed by atoms with E-state index in [1.54, 1.807) is 12.1 Å². The Balaban J connectivity index is 2.76. The van der Waals surface area contributed by atoms with Crippen molar-refractivity contribution >= 4 is 5.97 Å². The molecule has 0 fully saturated rings. The molecule has 1 rings (SSSR count). The number of carboxylic acids is 1. The highest BCUT2D eigenvalue weighted by Crippen LogP contribution is 2.21. The second kappa shape index (κ2) is 6.79. The molecular formula is C15H21F2NO2. The lowest BCUT2D eigenvalue weighted by atomic mass is 10.0. The van der Waals surface area contributed by atoms with Gasteiger partial charge >= 0.3 is 5.97 Å². The number of halogens is 2. The molecule has 0 unspecified atom stereocenters. The van der Waals surface area contributed by atoms with E-state index in [1.807, 2.05) is 25.7 Å². The van der Waals surface area contributed by atoms with Gasteiger partial charge in [0.25, 0.3) is 6.43 Å². The largest absolute Gasteiger partial charge is 0.481 e. The summed E-state index contributed by atoms with van der Waals surface area (Å²) in [4.78, 5) is 12.7. The van der Waals surface area contributed by atoms with E-state index in [9.17, 15) is 13.6 Å². The summed E-state index contributed by atoms with van der Waals surface area (Å²) >= 11 is 0. The molecule has 0 saturated heterocycles. The molecule has 0 aliphatic carbocycles. The van der Waals surface area contributed by atoms with Crippen LogP contribution in [-0.4, -0.2) is 28.1 Å². The summed E-state index contributed by atoms with van der Waals surface area (Å²) in [6, 6.07) is 6.16. The van der Waals surface area contributed by atoms with E-state index in [2.05, 4.69) is 0 Å². The van der Waals surface area contributed by atoms with Crippen molar-refractivity contribution in [3.05, 3.63) is 35.4 Å². The number of alkyl halides is 2. The van der Waals surface area contributed by atoms with Crippen LogP contribution >= 0.6 is 0 Å². The van der Waals surface area contributed by atoms with E-state index in [1.165, 1.54) is 12.1 Å². The number of benzene rings is 1. The van der Waals surface area contributed by atoms with E-state index >= 15 is 0 Å². The van der Waals surface area contributed by atoms with Crippen molar-refractivity contribution in [2.75, 3.05) is 6.54 Å². The third kappa shape index (κ3) is 5.25. The maximum atomic E-state index is 12.5. The third-order valence-electron chi connectivity index (χ3n) is 3.15. The zero-order valence-corrected chi connectivity index (χ0v) is 12.1. The quantitative estimate of drug-likeness (QED) is 0.866. The Labute approximate surface area is 118 Å². The Hall–Kier alpha value is -1.49. The molecule has 20 heavy (non-hydrogen) atoms. The first-order valence-electron chi connectivity index (χ1n) is 6.54. The molecule has 0 atom stereocenters. The van der Waals surface area contributed by atoms with Crippen LogP contribution in [0.5, 0.6) is 0 Å². The highest BCUT2D eigenvalue weighted by molar-refractivity contribution is 5.66. The van der Waals surface area contributed by atoms with Crippen LogP contribution in [0.1, 0.15) is 44.7 Å². The van der Waals surface area contributed by atoms with E-state index in [0.717, 1.165) is 5.56 Å². The number of carboxylic acid groups (broad SMARTS) is 1. The molecule has 0 aromatic heterocycles. The van der Waals surface area contributed by atoms with Crippen molar-refractivity contribution in [2.45, 2.75) is 45.7 Å². The molecule has 3 nitrogen and oxygen atoms in total. The topological polar surface area (TPSA) is 40.5 Å². The molecule has 0 bridgehead atoms. The van der Waals surface area contributed by atoms with Gasteiger partial charge in [0, 0.05) is 24.2 Å². The van der Waals surface area contributed by atoms with Crippen molar-refractivity contribution < 1.29 is 18.7 Å². The lowest BCUT2D eigenvalue weighted by Crippen LogP contribution is -2.42. The van der Waals surface area contributed by atoms with Crippen LogP contribution < -0.4 is 0 Å². The number of carbonyl (C=O) groups is 1. The van der Waals surface area contributed by atoms with E-state index in [-0.39, 0.29) is 17.5 Å². The van der Waals surface area contributed by atoms with Crippen LogP contribution in [0, 0.1) is 0 Å². The van der Waals surface area contributed by atoms with Crippen LogP contribution in [0.15, 0.2) is 24.3 Å². The lowest BCUT2D eigenvalue weighted by Gasteiger charge is -2.35. The predicted octanol–water partition coefficient (Wildman–Crippen LogP) is 3.70. The SMILES string of the molecule is CC(C)(C)N(CCC(=O)O)Cc1ccc(C(F)F)cc1. The third-order valence-corrected chi connectivity index (χ3v) is 3.15. The van der Waals surface area contributed by atoms with Crippen molar-refractivity contribution in [2.24, 2.45) is 0 Å². The van der Waals surface area contributed by atoms with Gasteiger partial charge in [-0.05, 0) is 26.3 Å². The number of rotatable bonds is 6. The fraction of sp³-hybridized carbons (Fsp3) is 0.533. The Morgan fingerprint density at radius 1 is 1.25 bits per heavy atom. The van der Waals surface area contributed by atoms with Gasteiger partial charge in [-0.2, -0.15) is 0 Å². The molecule has 5 heteroatoms. The molecule has 112 valence electrons. The number of hydrogen-bond acceptors (Lipinski definition) is 2. The minimum absolute atomic E-state index is 0.00148. The Bertz CT molecular complexity index is 438. The Kier molecular flexibility index (Phi) is 5.62. The summed E-state index contributed by atoms with van der Waals surface area (Å²) in [6.07, 6.45) is -2.40. The van der Waals surface area contributed by atoms with E-state index in [0.29, 0.717) is 13.1 Å². The van der Waals surface area contributed by atoms with Crippen LogP contribution in [0.25, 0.3) is 0 Å². The minimum Gasteiger partial charge on any atom is -0.481 e. The zero-order valence-electron chi connectivity index (χ0n) is 12.1. The smallest absolute Gasteiger partial charge is 0.304 e. The van der Waals surface area contributed by atoms with Gasteiger partial charge in [-0.1, -0.05) is 24.3 Å². The summed E-state index contributed by atoms with van der Waals surface area (Å²) < 4.78 is 25.0. The summed E-state index contributed by atoms with van der Waals surface area (Å²) in [7, 11) is 0. The predicted molar refractivity (Wildman–Crippen MR) is 73.8 cm³/mol. The number of aliphatic carboxylic acids is 1. The first-order valence-corrected chi connectivity index (χ1v) is 6.54. The van der Waals surface area contributed by atoms with Crippen LogP contribution in [0.3, 0.4) is 0 Å². The standard InChI is InChI=1S/C15H21F2NO2/c1-15(2,3)18(9-8-13(19)20)10-11-4-6-12(7-5-11)14(16)17/h4-7,14H,8-10H2,1-3H3,(H,19,20). The second-order valence-corrected chi connectivity index (χ2v) is 5.78. The molecular weight excluding hydrogens is 264 g/mol.